The zero-order valence-corrected chi connectivity index (χ0v) is 26.9. The molecule has 3 aromatic carbocycles. The largest absolute Gasteiger partial charge is 0.387 e. The number of piperazine rings is 1. The molecule has 0 spiro atoms. The molecular formula is C34H37N5O4S2. The second kappa shape index (κ2) is 15.3. The van der Waals surface area contributed by atoms with E-state index < -0.39 is 6.10 Å². The summed E-state index contributed by atoms with van der Waals surface area (Å²) in [5, 5.41) is 17.3. The molecule has 11 heteroatoms. The molecule has 0 saturated carbocycles. The molecule has 4 aromatic rings. The lowest BCUT2D eigenvalue weighted by Gasteiger charge is -2.34. The maximum absolute atomic E-state index is 13.0. The molecule has 1 aliphatic heterocycles. The highest BCUT2D eigenvalue weighted by Gasteiger charge is 2.23. The Labute approximate surface area is 271 Å². The fourth-order valence-electron chi connectivity index (χ4n) is 5.01. The van der Waals surface area contributed by atoms with Gasteiger partial charge in [0.15, 0.2) is 5.13 Å². The molecule has 2 atom stereocenters. The molecule has 0 bridgehead atoms. The Balaban J connectivity index is 1.08. The van der Waals surface area contributed by atoms with Crippen LogP contribution in [-0.2, 0) is 17.1 Å². The van der Waals surface area contributed by atoms with Crippen molar-refractivity contribution in [2.75, 3.05) is 31.5 Å². The Bertz CT molecular complexity index is 1600. The second-order valence-corrected chi connectivity index (χ2v) is 13.3. The van der Waals surface area contributed by atoms with E-state index in [4.69, 9.17) is 0 Å². The Kier molecular flexibility index (Phi) is 11.0. The topological polar surface area (TPSA) is 115 Å². The Morgan fingerprint density at radius 3 is 2.33 bits per heavy atom. The first kappa shape index (κ1) is 32.4. The third-order valence-electron chi connectivity index (χ3n) is 7.73. The summed E-state index contributed by atoms with van der Waals surface area (Å²) in [6.07, 6.45) is 1.13. The van der Waals surface area contributed by atoms with Crippen molar-refractivity contribution in [1.29, 1.82) is 0 Å². The van der Waals surface area contributed by atoms with Crippen LogP contribution >= 0.6 is 23.1 Å². The van der Waals surface area contributed by atoms with Crippen molar-refractivity contribution in [2.24, 2.45) is 0 Å². The number of aliphatic hydroxyl groups is 1. The number of aliphatic hydroxyl groups excluding tert-OH is 1. The minimum atomic E-state index is -0.612. The lowest BCUT2D eigenvalue weighted by atomic mass is 10.0. The average molecular weight is 644 g/mol. The molecular weight excluding hydrogens is 607 g/mol. The number of aromatic nitrogens is 1. The van der Waals surface area contributed by atoms with Crippen LogP contribution in [0.1, 0.15) is 57.4 Å². The first-order chi connectivity index (χ1) is 21.8. The molecule has 2 heterocycles. The number of rotatable bonds is 11. The predicted octanol–water partition coefficient (Wildman–Crippen LogP) is 5.20. The van der Waals surface area contributed by atoms with Gasteiger partial charge in [0.05, 0.1) is 16.5 Å². The number of thioether (sulfide) groups is 1. The van der Waals surface area contributed by atoms with E-state index in [0.29, 0.717) is 54.7 Å². The van der Waals surface area contributed by atoms with E-state index in [1.54, 1.807) is 46.8 Å². The molecule has 1 saturated heterocycles. The minimum absolute atomic E-state index is 0.0199. The van der Waals surface area contributed by atoms with Gasteiger partial charge in [-0.2, -0.15) is 0 Å². The van der Waals surface area contributed by atoms with Crippen molar-refractivity contribution < 1.29 is 19.5 Å². The zero-order chi connectivity index (χ0) is 31.8. The molecule has 0 radical (unpaired) electrons. The van der Waals surface area contributed by atoms with Gasteiger partial charge in [-0.25, -0.2) is 4.98 Å². The molecule has 1 fully saturated rings. The standard InChI is InChI=1S/C34H37N5O4S2/c1-23(31(41)27-8-4-3-5-9-27)35-20-25-11-13-28(14-12-25)32(42)37-34-36-21-30(45-34)44-22-26-7-6-10-29(19-26)33(43)39-17-15-38(16-18-39)24(2)40/h3-14,19,21,23,31,35,41H,15-18,20,22H2,1-2H3,(H,36,37,42)/t23-,31-/m1/s1. The average Bonchev–Trinajstić information content (AvgIpc) is 3.53. The highest BCUT2D eigenvalue weighted by atomic mass is 32.2. The van der Waals surface area contributed by atoms with Crippen molar-refractivity contribution >= 4 is 46.0 Å². The second-order valence-electron chi connectivity index (χ2n) is 10.9. The maximum Gasteiger partial charge on any atom is 0.257 e. The summed E-state index contributed by atoms with van der Waals surface area (Å²) in [6.45, 7) is 6.25. The summed E-state index contributed by atoms with van der Waals surface area (Å²) in [4.78, 5) is 45.4. The van der Waals surface area contributed by atoms with Crippen LogP contribution in [0.4, 0.5) is 5.13 Å². The summed E-state index contributed by atoms with van der Waals surface area (Å²) in [7, 11) is 0. The number of carbonyl (C=O) groups excluding carboxylic acids is 3. The van der Waals surface area contributed by atoms with Gasteiger partial charge in [0.25, 0.3) is 11.8 Å². The third kappa shape index (κ3) is 8.79. The number of nitrogens with one attached hydrogen (secondary N) is 2. The van der Waals surface area contributed by atoms with Crippen LogP contribution in [0.5, 0.6) is 0 Å². The smallest absolute Gasteiger partial charge is 0.257 e. The van der Waals surface area contributed by atoms with Gasteiger partial charge in [-0.1, -0.05) is 65.9 Å². The van der Waals surface area contributed by atoms with Gasteiger partial charge in [0, 0.05) is 62.6 Å². The molecule has 234 valence electrons. The molecule has 3 amide bonds. The first-order valence-electron chi connectivity index (χ1n) is 14.9. The Morgan fingerprint density at radius 2 is 1.62 bits per heavy atom. The van der Waals surface area contributed by atoms with E-state index in [0.717, 1.165) is 20.9 Å². The van der Waals surface area contributed by atoms with Gasteiger partial charge in [0.2, 0.25) is 5.91 Å². The monoisotopic (exact) mass is 643 g/mol. The van der Waals surface area contributed by atoms with Crippen molar-refractivity contribution in [3.05, 3.63) is 113 Å². The van der Waals surface area contributed by atoms with E-state index >= 15 is 0 Å². The molecule has 5 rings (SSSR count). The van der Waals surface area contributed by atoms with Gasteiger partial charge in [-0.3, -0.25) is 19.7 Å². The van der Waals surface area contributed by atoms with Gasteiger partial charge < -0.3 is 20.2 Å². The lowest BCUT2D eigenvalue weighted by molar-refractivity contribution is -0.130. The molecule has 3 N–H and O–H groups in total. The van der Waals surface area contributed by atoms with E-state index in [-0.39, 0.29) is 23.8 Å². The van der Waals surface area contributed by atoms with Gasteiger partial charge in [-0.05, 0) is 47.9 Å². The van der Waals surface area contributed by atoms with E-state index in [9.17, 15) is 19.5 Å². The van der Waals surface area contributed by atoms with E-state index in [1.165, 1.54) is 11.3 Å². The van der Waals surface area contributed by atoms with Gasteiger partial charge in [0.1, 0.15) is 0 Å². The van der Waals surface area contributed by atoms with Crippen molar-refractivity contribution in [1.82, 2.24) is 20.1 Å². The molecule has 1 aliphatic rings. The van der Waals surface area contributed by atoms with Crippen molar-refractivity contribution in [2.45, 2.75) is 42.5 Å². The number of amides is 3. The van der Waals surface area contributed by atoms with Gasteiger partial charge in [-0.15, -0.1) is 11.8 Å². The van der Waals surface area contributed by atoms with Crippen molar-refractivity contribution in [3.8, 4) is 0 Å². The summed E-state index contributed by atoms with van der Waals surface area (Å²) >= 11 is 3.00. The number of anilines is 1. The fourth-order valence-corrected chi connectivity index (χ4v) is 6.82. The van der Waals surface area contributed by atoms with Crippen LogP contribution in [0.15, 0.2) is 89.3 Å². The number of hydrogen-bond acceptors (Lipinski definition) is 8. The van der Waals surface area contributed by atoms with Crippen LogP contribution in [-0.4, -0.2) is 69.8 Å². The SMILES string of the molecule is CC(=O)N1CCN(C(=O)c2cccc(CSc3cnc(NC(=O)c4ccc(CN[C@H](C)[C@@H](O)c5ccccc5)cc4)s3)c2)CC1. The number of thiazole rings is 1. The Morgan fingerprint density at radius 1 is 0.911 bits per heavy atom. The number of hydrogen-bond donors (Lipinski definition) is 3. The number of nitrogens with zero attached hydrogens (tertiary/aromatic N) is 3. The Hall–Kier alpha value is -4.03. The van der Waals surface area contributed by atoms with Crippen molar-refractivity contribution in [3.63, 3.8) is 0 Å². The van der Waals surface area contributed by atoms with Crippen LogP contribution in [0, 0.1) is 0 Å². The van der Waals surface area contributed by atoms with Gasteiger partial charge >= 0.3 is 0 Å². The normalized spacial score (nSPS) is 14.6. The molecule has 1 aromatic heterocycles. The lowest BCUT2D eigenvalue weighted by Crippen LogP contribution is -2.50. The van der Waals surface area contributed by atoms with Crippen LogP contribution in [0.2, 0.25) is 0 Å². The number of benzene rings is 3. The molecule has 0 aliphatic carbocycles. The summed E-state index contributed by atoms with van der Waals surface area (Å²) in [5.41, 5.74) is 4.07. The summed E-state index contributed by atoms with van der Waals surface area (Å²) in [6, 6.07) is 24.4. The zero-order valence-electron chi connectivity index (χ0n) is 25.3. The fraction of sp³-hybridized carbons (Fsp3) is 0.294. The highest BCUT2D eigenvalue weighted by molar-refractivity contribution is 8.00. The highest BCUT2D eigenvalue weighted by Crippen LogP contribution is 2.31. The van der Waals surface area contributed by atoms with Crippen LogP contribution in [0.25, 0.3) is 0 Å². The predicted molar refractivity (Wildman–Crippen MR) is 178 cm³/mol. The third-order valence-corrected chi connectivity index (χ3v) is 9.91. The van der Waals surface area contributed by atoms with Crippen LogP contribution in [0.3, 0.4) is 0 Å². The number of carbonyl (C=O) groups is 3. The van der Waals surface area contributed by atoms with Crippen LogP contribution < -0.4 is 10.6 Å². The summed E-state index contributed by atoms with van der Waals surface area (Å²) < 4.78 is 0.954. The maximum atomic E-state index is 13.0. The quantitative estimate of drug-likeness (QED) is 0.193. The molecule has 9 nitrogen and oxygen atoms in total. The molecule has 45 heavy (non-hydrogen) atoms. The minimum Gasteiger partial charge on any atom is -0.387 e. The van der Waals surface area contributed by atoms with E-state index in [1.807, 2.05) is 73.7 Å². The molecule has 0 unspecified atom stereocenters. The first-order valence-corrected chi connectivity index (χ1v) is 16.7. The summed E-state index contributed by atoms with van der Waals surface area (Å²) in [5.74, 6) is 0.444. The van der Waals surface area contributed by atoms with E-state index in [2.05, 4.69) is 15.6 Å².